The molecule has 2 heteroatoms. The minimum absolute atomic E-state index is 0.293. The zero-order chi connectivity index (χ0) is 9.42. The van der Waals surface area contributed by atoms with Gasteiger partial charge in [-0.25, -0.2) is 0 Å². The minimum atomic E-state index is 0.293. The molecule has 2 rings (SSSR count). The summed E-state index contributed by atoms with van der Waals surface area (Å²) in [6.45, 7) is 3.91. The van der Waals surface area contributed by atoms with Crippen molar-refractivity contribution in [2.45, 2.75) is 13.8 Å². The molecule has 0 spiro atoms. The summed E-state index contributed by atoms with van der Waals surface area (Å²) in [5.41, 5.74) is 2.72. The van der Waals surface area contributed by atoms with Crippen LogP contribution in [0.2, 0.25) is 0 Å². The Kier molecular flexibility index (Phi) is 1.69. The van der Waals surface area contributed by atoms with E-state index in [0.29, 0.717) is 11.3 Å². The lowest BCUT2D eigenvalue weighted by atomic mass is 10.1. The van der Waals surface area contributed by atoms with Gasteiger partial charge in [-0.1, -0.05) is 12.1 Å². The second-order valence-corrected chi connectivity index (χ2v) is 3.26. The van der Waals surface area contributed by atoms with Crippen molar-refractivity contribution in [3.05, 3.63) is 35.5 Å². The summed E-state index contributed by atoms with van der Waals surface area (Å²) in [6, 6.07) is 5.82. The highest BCUT2D eigenvalue weighted by Gasteiger charge is 2.05. The Morgan fingerprint density at radius 3 is 2.77 bits per heavy atom. The molecule has 1 aromatic heterocycles. The summed E-state index contributed by atoms with van der Waals surface area (Å²) in [5, 5.41) is 10.7. The van der Waals surface area contributed by atoms with Gasteiger partial charge in [0, 0.05) is 11.6 Å². The molecule has 0 atom stereocenters. The number of phenolic OH excluding ortho intramolecular Hbond substituents is 1. The average molecular weight is 173 g/mol. The number of hydrogen-bond acceptors (Lipinski definition) is 2. The molecule has 2 nitrogen and oxygen atoms in total. The van der Waals surface area contributed by atoms with Crippen LogP contribution in [0.15, 0.2) is 24.4 Å². The average Bonchev–Trinajstić information content (AvgIpc) is 2.15. The first kappa shape index (κ1) is 8.05. The number of pyridine rings is 1. The van der Waals surface area contributed by atoms with Crippen LogP contribution >= 0.6 is 0 Å². The standard InChI is InChI=1S/C11H11NO/c1-7-6-8(2)11(13)10-9(7)4-3-5-12-10/h3-6,13H,1-2H3. The quantitative estimate of drug-likeness (QED) is 0.664. The molecule has 66 valence electrons. The maximum absolute atomic E-state index is 9.72. The van der Waals surface area contributed by atoms with Crippen molar-refractivity contribution >= 4 is 10.9 Å². The second-order valence-electron chi connectivity index (χ2n) is 3.26. The van der Waals surface area contributed by atoms with Crippen molar-refractivity contribution in [1.29, 1.82) is 0 Å². The van der Waals surface area contributed by atoms with Gasteiger partial charge >= 0.3 is 0 Å². The van der Waals surface area contributed by atoms with Gasteiger partial charge in [0.15, 0.2) is 0 Å². The van der Waals surface area contributed by atoms with Crippen molar-refractivity contribution in [2.24, 2.45) is 0 Å². The van der Waals surface area contributed by atoms with Crippen molar-refractivity contribution in [3.8, 4) is 5.75 Å². The first-order chi connectivity index (χ1) is 6.20. The molecule has 0 unspecified atom stereocenters. The highest BCUT2D eigenvalue weighted by atomic mass is 16.3. The van der Waals surface area contributed by atoms with E-state index in [1.54, 1.807) is 6.20 Å². The largest absolute Gasteiger partial charge is 0.505 e. The Hall–Kier alpha value is -1.57. The van der Waals surface area contributed by atoms with E-state index in [9.17, 15) is 5.11 Å². The Morgan fingerprint density at radius 2 is 2.00 bits per heavy atom. The van der Waals surface area contributed by atoms with Gasteiger partial charge in [0.25, 0.3) is 0 Å². The maximum Gasteiger partial charge on any atom is 0.144 e. The summed E-state index contributed by atoms with van der Waals surface area (Å²) in [4.78, 5) is 4.15. The van der Waals surface area contributed by atoms with Crippen LogP contribution in [0.3, 0.4) is 0 Å². The zero-order valence-electron chi connectivity index (χ0n) is 7.70. The summed E-state index contributed by atoms with van der Waals surface area (Å²) >= 11 is 0. The SMILES string of the molecule is Cc1cc(C)c2cccnc2c1O. The Labute approximate surface area is 76.9 Å². The highest BCUT2D eigenvalue weighted by Crippen LogP contribution is 2.28. The van der Waals surface area contributed by atoms with Crippen LogP contribution in [0.5, 0.6) is 5.75 Å². The number of nitrogens with zero attached hydrogens (tertiary/aromatic N) is 1. The topological polar surface area (TPSA) is 33.1 Å². The Morgan fingerprint density at radius 1 is 1.23 bits per heavy atom. The third kappa shape index (κ3) is 1.15. The number of aromatic hydroxyl groups is 1. The van der Waals surface area contributed by atoms with E-state index in [1.807, 2.05) is 32.0 Å². The lowest BCUT2D eigenvalue weighted by molar-refractivity contribution is 0.476. The second kappa shape index (κ2) is 2.73. The van der Waals surface area contributed by atoms with E-state index in [2.05, 4.69) is 4.98 Å². The number of fused-ring (bicyclic) bond motifs is 1. The molecule has 0 aliphatic heterocycles. The van der Waals surface area contributed by atoms with Crippen LogP contribution in [-0.4, -0.2) is 10.1 Å². The van der Waals surface area contributed by atoms with E-state index < -0.39 is 0 Å². The normalized spacial score (nSPS) is 10.6. The fourth-order valence-corrected chi connectivity index (χ4v) is 1.57. The summed E-state index contributed by atoms with van der Waals surface area (Å²) in [5.74, 6) is 0.293. The fraction of sp³-hybridized carbons (Fsp3) is 0.182. The minimum Gasteiger partial charge on any atom is -0.505 e. The summed E-state index contributed by atoms with van der Waals surface area (Å²) in [7, 11) is 0. The molecule has 0 fully saturated rings. The molecule has 2 aromatic rings. The summed E-state index contributed by atoms with van der Waals surface area (Å²) in [6.07, 6.45) is 1.70. The van der Waals surface area contributed by atoms with Crippen LogP contribution in [-0.2, 0) is 0 Å². The van der Waals surface area contributed by atoms with Crippen LogP contribution in [0.4, 0.5) is 0 Å². The van der Waals surface area contributed by atoms with Crippen molar-refractivity contribution in [3.63, 3.8) is 0 Å². The van der Waals surface area contributed by atoms with Gasteiger partial charge < -0.3 is 5.11 Å². The summed E-state index contributed by atoms with van der Waals surface area (Å²) < 4.78 is 0. The monoisotopic (exact) mass is 173 g/mol. The van der Waals surface area contributed by atoms with Crippen LogP contribution in [0.25, 0.3) is 10.9 Å². The predicted octanol–water partition coefficient (Wildman–Crippen LogP) is 2.56. The number of rotatable bonds is 0. The van der Waals surface area contributed by atoms with Crippen LogP contribution < -0.4 is 0 Å². The molecule has 0 amide bonds. The van der Waals surface area contributed by atoms with Crippen LogP contribution in [0, 0.1) is 13.8 Å². The molecular formula is C11H11NO. The smallest absolute Gasteiger partial charge is 0.144 e. The first-order valence-corrected chi connectivity index (χ1v) is 4.24. The number of hydrogen-bond donors (Lipinski definition) is 1. The maximum atomic E-state index is 9.72. The van der Waals surface area contributed by atoms with Crippen molar-refractivity contribution in [2.75, 3.05) is 0 Å². The van der Waals surface area contributed by atoms with E-state index >= 15 is 0 Å². The molecule has 0 bridgehead atoms. The molecular weight excluding hydrogens is 162 g/mol. The Balaban J connectivity index is 2.97. The first-order valence-electron chi connectivity index (χ1n) is 4.24. The Bertz CT molecular complexity index is 463. The number of aromatic nitrogens is 1. The lowest BCUT2D eigenvalue weighted by Crippen LogP contribution is -1.85. The van der Waals surface area contributed by atoms with E-state index in [-0.39, 0.29) is 0 Å². The van der Waals surface area contributed by atoms with E-state index in [1.165, 1.54) is 0 Å². The van der Waals surface area contributed by atoms with Gasteiger partial charge in [-0.3, -0.25) is 4.98 Å². The molecule has 1 aromatic carbocycles. The third-order valence-electron chi connectivity index (χ3n) is 2.26. The molecule has 0 saturated carbocycles. The van der Waals surface area contributed by atoms with Crippen molar-refractivity contribution in [1.82, 2.24) is 4.98 Å². The molecule has 0 saturated heterocycles. The molecule has 0 aliphatic rings. The van der Waals surface area contributed by atoms with Gasteiger partial charge in [-0.15, -0.1) is 0 Å². The molecule has 13 heavy (non-hydrogen) atoms. The predicted molar refractivity (Wildman–Crippen MR) is 52.9 cm³/mol. The van der Waals surface area contributed by atoms with E-state index in [0.717, 1.165) is 16.5 Å². The third-order valence-corrected chi connectivity index (χ3v) is 2.26. The van der Waals surface area contributed by atoms with Gasteiger partial charge in [0.2, 0.25) is 0 Å². The fourth-order valence-electron chi connectivity index (χ4n) is 1.57. The molecule has 1 N–H and O–H groups in total. The number of aryl methyl sites for hydroxylation is 2. The van der Waals surface area contributed by atoms with E-state index in [4.69, 9.17) is 0 Å². The molecule has 0 radical (unpaired) electrons. The zero-order valence-corrected chi connectivity index (χ0v) is 7.70. The number of phenols is 1. The van der Waals surface area contributed by atoms with Crippen LogP contribution in [0.1, 0.15) is 11.1 Å². The van der Waals surface area contributed by atoms with Crippen molar-refractivity contribution < 1.29 is 5.11 Å². The molecule has 0 aliphatic carbocycles. The molecule has 1 heterocycles. The lowest BCUT2D eigenvalue weighted by Gasteiger charge is -2.05. The number of benzene rings is 1. The van der Waals surface area contributed by atoms with Gasteiger partial charge in [-0.2, -0.15) is 0 Å². The van der Waals surface area contributed by atoms with Gasteiger partial charge in [0.05, 0.1) is 0 Å². The van der Waals surface area contributed by atoms with Gasteiger partial charge in [-0.05, 0) is 31.0 Å². The van der Waals surface area contributed by atoms with Gasteiger partial charge in [0.1, 0.15) is 11.3 Å². The highest BCUT2D eigenvalue weighted by molar-refractivity contribution is 5.88.